The van der Waals surface area contributed by atoms with Gasteiger partial charge in [-0.2, -0.15) is 0 Å². The molecule has 2 aromatic carbocycles. The summed E-state index contributed by atoms with van der Waals surface area (Å²) in [4.78, 5) is 13.1. The second-order valence-electron chi connectivity index (χ2n) is 6.60. The van der Waals surface area contributed by atoms with Crippen LogP contribution < -0.4 is 5.32 Å². The molecule has 0 aliphatic heterocycles. The molecule has 0 aliphatic rings. The maximum atomic E-state index is 13.1. The van der Waals surface area contributed by atoms with Gasteiger partial charge >= 0.3 is 0 Å². The molecule has 3 aromatic rings. The van der Waals surface area contributed by atoms with Crippen LogP contribution in [-0.2, 0) is 0 Å². The van der Waals surface area contributed by atoms with E-state index in [1.54, 1.807) is 0 Å². The van der Waals surface area contributed by atoms with E-state index in [1.807, 2.05) is 82.3 Å². The SMILES string of the molecule is Cc1c(Cl)cccc1N[C@H](C)C(=O)c1cc(C)n(-c2ccccc2)c1C. The van der Waals surface area contributed by atoms with Gasteiger partial charge in [0, 0.05) is 33.3 Å². The van der Waals surface area contributed by atoms with Crippen LogP contribution >= 0.6 is 11.6 Å². The summed E-state index contributed by atoms with van der Waals surface area (Å²) in [5.74, 6) is 0.0691. The van der Waals surface area contributed by atoms with E-state index >= 15 is 0 Å². The number of aromatic nitrogens is 1. The summed E-state index contributed by atoms with van der Waals surface area (Å²) in [7, 11) is 0. The van der Waals surface area contributed by atoms with Crippen LogP contribution in [0.5, 0.6) is 0 Å². The molecule has 1 aromatic heterocycles. The average molecular weight is 367 g/mol. The number of carbonyl (C=O) groups is 1. The van der Waals surface area contributed by atoms with Gasteiger partial charge in [0.1, 0.15) is 0 Å². The topological polar surface area (TPSA) is 34.0 Å². The number of benzene rings is 2. The predicted octanol–water partition coefficient (Wildman–Crippen LogP) is 5.74. The third kappa shape index (κ3) is 3.40. The van der Waals surface area contributed by atoms with Crippen molar-refractivity contribution in [2.75, 3.05) is 5.32 Å². The molecule has 0 unspecified atom stereocenters. The number of hydrogen-bond acceptors (Lipinski definition) is 2. The van der Waals surface area contributed by atoms with Crippen LogP contribution in [0.1, 0.15) is 34.2 Å². The Morgan fingerprint density at radius 2 is 1.73 bits per heavy atom. The first-order chi connectivity index (χ1) is 12.4. The number of anilines is 1. The molecule has 1 atom stereocenters. The number of nitrogens with one attached hydrogen (secondary N) is 1. The van der Waals surface area contributed by atoms with Gasteiger partial charge in [-0.05, 0) is 63.6 Å². The Labute approximate surface area is 159 Å². The molecule has 1 N–H and O–H groups in total. The van der Waals surface area contributed by atoms with Crippen molar-refractivity contribution in [3.63, 3.8) is 0 Å². The minimum Gasteiger partial charge on any atom is -0.375 e. The molecule has 26 heavy (non-hydrogen) atoms. The zero-order valence-corrected chi connectivity index (χ0v) is 16.3. The Morgan fingerprint density at radius 1 is 1.04 bits per heavy atom. The molecule has 0 radical (unpaired) electrons. The van der Waals surface area contributed by atoms with Crippen molar-refractivity contribution >= 4 is 23.1 Å². The molecule has 0 amide bonds. The molecular weight excluding hydrogens is 344 g/mol. The van der Waals surface area contributed by atoms with Crippen molar-refractivity contribution in [1.82, 2.24) is 4.57 Å². The van der Waals surface area contributed by atoms with E-state index in [0.717, 1.165) is 33.9 Å². The molecule has 0 fully saturated rings. The van der Waals surface area contributed by atoms with Crippen molar-refractivity contribution in [1.29, 1.82) is 0 Å². The van der Waals surface area contributed by atoms with E-state index < -0.39 is 0 Å². The Kier molecular flexibility index (Phi) is 5.19. The number of Topliss-reactive ketones (excluding diaryl/α,β-unsaturated/α-hetero) is 1. The van der Waals surface area contributed by atoms with E-state index in [4.69, 9.17) is 11.6 Å². The summed E-state index contributed by atoms with van der Waals surface area (Å²) in [6.07, 6.45) is 0. The van der Waals surface area contributed by atoms with Crippen LogP contribution in [-0.4, -0.2) is 16.4 Å². The third-order valence-electron chi connectivity index (χ3n) is 4.74. The van der Waals surface area contributed by atoms with E-state index in [1.165, 1.54) is 0 Å². The van der Waals surface area contributed by atoms with Crippen LogP contribution in [0.15, 0.2) is 54.6 Å². The normalized spacial score (nSPS) is 12.0. The Bertz CT molecular complexity index is 944. The summed E-state index contributed by atoms with van der Waals surface area (Å²) in [6, 6.07) is 17.4. The van der Waals surface area contributed by atoms with Gasteiger partial charge in [0.05, 0.1) is 6.04 Å². The number of halogens is 1. The highest BCUT2D eigenvalue weighted by Gasteiger charge is 2.22. The number of ketones is 1. The molecule has 3 rings (SSSR count). The molecule has 0 saturated heterocycles. The minimum atomic E-state index is -0.350. The molecular formula is C22H23ClN2O. The van der Waals surface area contributed by atoms with Crippen LogP contribution in [0, 0.1) is 20.8 Å². The van der Waals surface area contributed by atoms with Gasteiger partial charge in [0.2, 0.25) is 0 Å². The summed E-state index contributed by atoms with van der Waals surface area (Å²) >= 11 is 6.18. The fraction of sp³-hybridized carbons (Fsp3) is 0.227. The van der Waals surface area contributed by atoms with Gasteiger partial charge in [-0.15, -0.1) is 0 Å². The second kappa shape index (κ2) is 7.38. The maximum absolute atomic E-state index is 13.1. The van der Waals surface area contributed by atoms with Gasteiger partial charge in [-0.25, -0.2) is 0 Å². The van der Waals surface area contributed by atoms with Crippen molar-refractivity contribution in [2.45, 2.75) is 33.7 Å². The zero-order valence-electron chi connectivity index (χ0n) is 15.5. The Hall–Kier alpha value is -2.52. The number of carbonyl (C=O) groups excluding carboxylic acids is 1. The number of nitrogens with zero attached hydrogens (tertiary/aromatic N) is 1. The summed E-state index contributed by atoms with van der Waals surface area (Å²) in [6.45, 7) is 7.85. The fourth-order valence-corrected chi connectivity index (χ4v) is 3.46. The van der Waals surface area contributed by atoms with Gasteiger partial charge in [0.25, 0.3) is 0 Å². The summed E-state index contributed by atoms with van der Waals surface area (Å²) < 4.78 is 2.12. The first-order valence-electron chi connectivity index (χ1n) is 8.70. The van der Waals surface area contributed by atoms with Gasteiger partial charge in [0.15, 0.2) is 5.78 Å². The van der Waals surface area contributed by atoms with Crippen molar-refractivity contribution in [3.05, 3.63) is 82.1 Å². The van der Waals surface area contributed by atoms with Crippen LogP contribution in [0.25, 0.3) is 5.69 Å². The van der Waals surface area contributed by atoms with E-state index in [9.17, 15) is 4.79 Å². The number of rotatable bonds is 5. The largest absolute Gasteiger partial charge is 0.375 e. The first kappa shape index (κ1) is 18.3. The van der Waals surface area contributed by atoms with Crippen LogP contribution in [0.4, 0.5) is 5.69 Å². The maximum Gasteiger partial charge on any atom is 0.186 e. The van der Waals surface area contributed by atoms with Crippen molar-refractivity contribution < 1.29 is 4.79 Å². The fourth-order valence-electron chi connectivity index (χ4n) is 3.28. The molecule has 0 aliphatic carbocycles. The highest BCUT2D eigenvalue weighted by molar-refractivity contribution is 6.31. The zero-order chi connectivity index (χ0) is 18.8. The van der Waals surface area contributed by atoms with Crippen molar-refractivity contribution in [2.24, 2.45) is 0 Å². The Morgan fingerprint density at radius 3 is 2.42 bits per heavy atom. The molecule has 0 saturated carbocycles. The molecule has 3 nitrogen and oxygen atoms in total. The summed E-state index contributed by atoms with van der Waals surface area (Å²) in [5, 5.41) is 3.99. The smallest absolute Gasteiger partial charge is 0.186 e. The lowest BCUT2D eigenvalue weighted by Crippen LogP contribution is -2.27. The highest BCUT2D eigenvalue weighted by atomic mass is 35.5. The molecule has 1 heterocycles. The lowest BCUT2D eigenvalue weighted by molar-refractivity contribution is 0.0975. The quantitative estimate of drug-likeness (QED) is 0.584. The standard InChI is InChI=1S/C22H23ClN2O/c1-14-13-19(17(4)25(14)18-9-6-5-7-10-18)22(26)16(3)24-21-12-8-11-20(23)15(21)2/h5-13,16,24H,1-4H3/t16-/m1/s1. The van der Waals surface area contributed by atoms with Crippen molar-refractivity contribution in [3.8, 4) is 5.69 Å². The van der Waals surface area contributed by atoms with Crippen LogP contribution in [0.3, 0.4) is 0 Å². The number of hydrogen-bond donors (Lipinski definition) is 1. The summed E-state index contributed by atoms with van der Waals surface area (Å²) in [5.41, 5.74) is 5.64. The monoisotopic (exact) mass is 366 g/mol. The van der Waals surface area contributed by atoms with Gasteiger partial charge < -0.3 is 9.88 Å². The lowest BCUT2D eigenvalue weighted by atomic mass is 10.0. The number of aryl methyl sites for hydroxylation is 1. The Balaban J connectivity index is 1.89. The predicted molar refractivity (Wildman–Crippen MR) is 109 cm³/mol. The minimum absolute atomic E-state index is 0.0691. The molecule has 4 heteroatoms. The van der Waals surface area contributed by atoms with E-state index in [0.29, 0.717) is 5.02 Å². The second-order valence-corrected chi connectivity index (χ2v) is 7.01. The van der Waals surface area contributed by atoms with E-state index in [2.05, 4.69) is 9.88 Å². The van der Waals surface area contributed by atoms with Crippen LogP contribution in [0.2, 0.25) is 5.02 Å². The highest BCUT2D eigenvalue weighted by Crippen LogP contribution is 2.26. The average Bonchev–Trinajstić information content (AvgIpc) is 2.93. The first-order valence-corrected chi connectivity index (χ1v) is 9.08. The molecule has 134 valence electrons. The van der Waals surface area contributed by atoms with Gasteiger partial charge in [-0.3, -0.25) is 4.79 Å². The van der Waals surface area contributed by atoms with Gasteiger partial charge in [-0.1, -0.05) is 35.9 Å². The molecule has 0 spiro atoms. The third-order valence-corrected chi connectivity index (χ3v) is 5.15. The molecule has 0 bridgehead atoms. The van der Waals surface area contributed by atoms with E-state index in [-0.39, 0.29) is 11.8 Å². The lowest BCUT2D eigenvalue weighted by Gasteiger charge is -2.17. The number of para-hydroxylation sites is 1.